The van der Waals surface area contributed by atoms with Crippen LogP contribution >= 0.6 is 15.9 Å². The van der Waals surface area contributed by atoms with Crippen LogP contribution in [-0.4, -0.2) is 40.3 Å². The molecular formula is C15H22BrNO2. The Labute approximate surface area is 123 Å². The number of aliphatic hydroxyl groups excluding tert-OH is 1. The number of benzene rings is 1. The molecule has 106 valence electrons. The maximum absolute atomic E-state index is 10.2. The maximum atomic E-state index is 10.2. The van der Waals surface area contributed by atoms with Gasteiger partial charge in [0.05, 0.1) is 11.7 Å². The van der Waals surface area contributed by atoms with Crippen molar-refractivity contribution in [3.05, 3.63) is 34.3 Å². The predicted molar refractivity (Wildman–Crippen MR) is 80.0 cm³/mol. The largest absolute Gasteiger partial charge is 0.390 e. The molecule has 1 heterocycles. The van der Waals surface area contributed by atoms with Crippen molar-refractivity contribution in [3.8, 4) is 0 Å². The lowest BCUT2D eigenvalue weighted by Gasteiger charge is -2.36. The highest BCUT2D eigenvalue weighted by molar-refractivity contribution is 9.10. The summed E-state index contributed by atoms with van der Waals surface area (Å²) in [6.45, 7) is 4.62. The zero-order chi connectivity index (χ0) is 13.9. The molecule has 0 spiro atoms. The van der Waals surface area contributed by atoms with Gasteiger partial charge in [0.15, 0.2) is 0 Å². The van der Waals surface area contributed by atoms with E-state index in [4.69, 9.17) is 0 Å². The number of rotatable bonds is 4. The van der Waals surface area contributed by atoms with Gasteiger partial charge < -0.3 is 15.1 Å². The molecule has 0 radical (unpaired) electrons. The van der Waals surface area contributed by atoms with E-state index < -0.39 is 11.7 Å². The van der Waals surface area contributed by atoms with Crippen LogP contribution in [0.1, 0.15) is 37.9 Å². The minimum absolute atomic E-state index is 0.407. The van der Waals surface area contributed by atoms with E-state index in [2.05, 4.69) is 20.8 Å². The Morgan fingerprint density at radius 3 is 2.42 bits per heavy atom. The Hall–Kier alpha value is -0.420. The first-order valence-electron chi connectivity index (χ1n) is 6.84. The van der Waals surface area contributed by atoms with Gasteiger partial charge in [0, 0.05) is 24.1 Å². The fraction of sp³-hybridized carbons (Fsp3) is 0.600. The van der Waals surface area contributed by atoms with Crippen LogP contribution < -0.4 is 0 Å². The third kappa shape index (κ3) is 4.56. The molecule has 1 aliphatic rings. The van der Waals surface area contributed by atoms with Crippen molar-refractivity contribution < 1.29 is 10.2 Å². The molecule has 0 saturated carbocycles. The van der Waals surface area contributed by atoms with Crippen molar-refractivity contribution in [3.63, 3.8) is 0 Å². The first-order chi connectivity index (χ1) is 8.96. The van der Waals surface area contributed by atoms with Crippen LogP contribution in [0.4, 0.5) is 0 Å². The summed E-state index contributed by atoms with van der Waals surface area (Å²) in [5.41, 5.74) is 0.466. The molecule has 1 fully saturated rings. The second kappa shape index (κ2) is 6.35. The number of nitrogens with zero attached hydrogens (tertiary/aromatic N) is 1. The molecule has 0 aromatic heterocycles. The molecule has 2 N–H and O–H groups in total. The third-order valence-electron chi connectivity index (χ3n) is 3.91. The highest BCUT2D eigenvalue weighted by atomic mass is 79.9. The summed E-state index contributed by atoms with van der Waals surface area (Å²) in [5, 5.41) is 20.0. The van der Waals surface area contributed by atoms with Gasteiger partial charge in [0.2, 0.25) is 0 Å². The summed E-state index contributed by atoms with van der Waals surface area (Å²) in [6, 6.07) is 7.82. The number of hydrogen-bond acceptors (Lipinski definition) is 3. The van der Waals surface area contributed by atoms with Crippen LogP contribution in [0.3, 0.4) is 0 Å². The minimum Gasteiger partial charge on any atom is -0.390 e. The molecule has 3 nitrogen and oxygen atoms in total. The standard InChI is InChI=1S/C15H22BrNO2/c1-15(19)7-10-17(11-8-15)9-6-14(18)12-2-4-13(16)5-3-12/h2-5,14,18-19H,6-11H2,1H3. The normalized spacial score (nSPS) is 21.3. The quantitative estimate of drug-likeness (QED) is 0.893. The summed E-state index contributed by atoms with van der Waals surface area (Å²) in [7, 11) is 0. The zero-order valence-corrected chi connectivity index (χ0v) is 12.9. The van der Waals surface area contributed by atoms with Gasteiger partial charge in [-0.1, -0.05) is 28.1 Å². The Balaban J connectivity index is 1.78. The van der Waals surface area contributed by atoms with Gasteiger partial charge in [-0.05, 0) is 43.9 Å². The lowest BCUT2D eigenvalue weighted by molar-refractivity contribution is -0.00813. The minimum atomic E-state index is -0.499. The van der Waals surface area contributed by atoms with E-state index in [1.54, 1.807) is 0 Å². The molecule has 0 bridgehead atoms. The molecule has 1 aromatic rings. The van der Waals surface area contributed by atoms with Crippen LogP contribution in [0, 0.1) is 0 Å². The van der Waals surface area contributed by atoms with Crippen molar-refractivity contribution in [2.75, 3.05) is 19.6 Å². The van der Waals surface area contributed by atoms with Crippen LogP contribution in [0.25, 0.3) is 0 Å². The van der Waals surface area contributed by atoms with Crippen molar-refractivity contribution in [1.29, 1.82) is 0 Å². The van der Waals surface area contributed by atoms with Gasteiger partial charge >= 0.3 is 0 Å². The van der Waals surface area contributed by atoms with E-state index in [1.165, 1.54) is 0 Å². The highest BCUT2D eigenvalue weighted by Crippen LogP contribution is 2.23. The van der Waals surface area contributed by atoms with E-state index in [0.29, 0.717) is 0 Å². The Morgan fingerprint density at radius 2 is 1.84 bits per heavy atom. The zero-order valence-electron chi connectivity index (χ0n) is 11.3. The van der Waals surface area contributed by atoms with E-state index in [-0.39, 0.29) is 0 Å². The number of piperidine rings is 1. The van der Waals surface area contributed by atoms with Crippen molar-refractivity contribution in [2.24, 2.45) is 0 Å². The molecule has 0 amide bonds. The predicted octanol–water partition coefficient (Wildman–Crippen LogP) is 2.72. The average molecular weight is 328 g/mol. The van der Waals surface area contributed by atoms with Crippen molar-refractivity contribution in [2.45, 2.75) is 37.9 Å². The second-order valence-corrected chi connectivity index (χ2v) is 6.61. The molecule has 1 atom stereocenters. The Kier molecular flexibility index (Phi) is 5.01. The number of aliphatic hydroxyl groups is 2. The van der Waals surface area contributed by atoms with E-state index in [9.17, 15) is 10.2 Å². The van der Waals surface area contributed by atoms with Gasteiger partial charge in [-0.2, -0.15) is 0 Å². The third-order valence-corrected chi connectivity index (χ3v) is 4.44. The van der Waals surface area contributed by atoms with Gasteiger partial charge in [-0.3, -0.25) is 0 Å². The summed E-state index contributed by atoms with van der Waals surface area (Å²) in [5.74, 6) is 0. The second-order valence-electron chi connectivity index (χ2n) is 5.69. The monoisotopic (exact) mass is 327 g/mol. The van der Waals surface area contributed by atoms with E-state index >= 15 is 0 Å². The van der Waals surface area contributed by atoms with Crippen LogP contribution in [0.15, 0.2) is 28.7 Å². The Morgan fingerprint density at radius 1 is 1.26 bits per heavy atom. The first kappa shape index (κ1) is 15.0. The fourth-order valence-electron chi connectivity index (χ4n) is 2.41. The fourth-order valence-corrected chi connectivity index (χ4v) is 2.68. The molecule has 1 saturated heterocycles. The van der Waals surface area contributed by atoms with Crippen LogP contribution in [0.2, 0.25) is 0 Å². The molecular weight excluding hydrogens is 306 g/mol. The van der Waals surface area contributed by atoms with Gasteiger partial charge in [0.1, 0.15) is 0 Å². The first-order valence-corrected chi connectivity index (χ1v) is 7.64. The molecule has 2 rings (SSSR count). The van der Waals surface area contributed by atoms with E-state index in [0.717, 1.165) is 48.9 Å². The van der Waals surface area contributed by atoms with Gasteiger partial charge in [0.25, 0.3) is 0 Å². The summed E-state index contributed by atoms with van der Waals surface area (Å²) in [4.78, 5) is 2.32. The molecule has 1 aliphatic heterocycles. The lowest BCUT2D eigenvalue weighted by Crippen LogP contribution is -2.42. The summed E-state index contributed by atoms with van der Waals surface area (Å²) < 4.78 is 1.03. The molecule has 1 aromatic carbocycles. The maximum Gasteiger partial charge on any atom is 0.0802 e. The molecule has 4 heteroatoms. The van der Waals surface area contributed by atoms with Crippen molar-refractivity contribution >= 4 is 15.9 Å². The van der Waals surface area contributed by atoms with Crippen LogP contribution in [0.5, 0.6) is 0 Å². The number of likely N-dealkylation sites (tertiary alicyclic amines) is 1. The lowest BCUT2D eigenvalue weighted by atomic mass is 9.93. The summed E-state index contributed by atoms with van der Waals surface area (Å²) >= 11 is 3.39. The topological polar surface area (TPSA) is 43.7 Å². The number of halogens is 1. The summed E-state index contributed by atoms with van der Waals surface area (Å²) in [6.07, 6.45) is 1.97. The molecule has 0 aliphatic carbocycles. The van der Waals surface area contributed by atoms with E-state index in [1.807, 2.05) is 31.2 Å². The van der Waals surface area contributed by atoms with Crippen molar-refractivity contribution in [1.82, 2.24) is 4.90 Å². The van der Waals surface area contributed by atoms with Gasteiger partial charge in [-0.15, -0.1) is 0 Å². The molecule has 19 heavy (non-hydrogen) atoms. The average Bonchev–Trinajstić information content (AvgIpc) is 2.38. The number of hydrogen-bond donors (Lipinski definition) is 2. The van der Waals surface area contributed by atoms with Crippen LogP contribution in [-0.2, 0) is 0 Å². The molecule has 1 unspecified atom stereocenters. The highest BCUT2D eigenvalue weighted by Gasteiger charge is 2.27. The smallest absolute Gasteiger partial charge is 0.0802 e. The van der Waals surface area contributed by atoms with Gasteiger partial charge in [-0.25, -0.2) is 0 Å². The Bertz CT molecular complexity index is 395. The SMILES string of the molecule is CC1(O)CCN(CCC(O)c2ccc(Br)cc2)CC1.